The maximum atomic E-state index is 12.5. The molecule has 7 heteroatoms. The van der Waals surface area contributed by atoms with E-state index in [1.54, 1.807) is 18.6 Å². The number of amides is 1. The second-order valence-corrected chi connectivity index (χ2v) is 7.19. The minimum Gasteiger partial charge on any atom is -0.436 e. The molecule has 2 fully saturated rings. The molecule has 142 valence electrons. The van der Waals surface area contributed by atoms with E-state index in [1.165, 1.54) is 0 Å². The monoisotopic (exact) mass is 367 g/mol. The van der Waals surface area contributed by atoms with Crippen LogP contribution in [0, 0.1) is 6.92 Å². The van der Waals surface area contributed by atoms with E-state index < -0.39 is 0 Å². The SMILES string of the molecule is Cc1ncccc1Oc1cncc([C@@H]2CCCN2CC(=O)N2CCCC2)n1. The van der Waals surface area contributed by atoms with Crippen LogP contribution in [0.15, 0.2) is 30.7 Å². The van der Waals surface area contributed by atoms with Crippen LogP contribution in [0.1, 0.15) is 43.1 Å². The third kappa shape index (κ3) is 4.08. The van der Waals surface area contributed by atoms with Crippen LogP contribution in [0.25, 0.3) is 0 Å². The average molecular weight is 367 g/mol. The van der Waals surface area contributed by atoms with Crippen molar-refractivity contribution in [2.75, 3.05) is 26.2 Å². The quantitative estimate of drug-likeness (QED) is 0.809. The van der Waals surface area contributed by atoms with Crippen molar-refractivity contribution < 1.29 is 9.53 Å². The lowest BCUT2D eigenvalue weighted by atomic mass is 10.1. The second kappa shape index (κ2) is 8.00. The van der Waals surface area contributed by atoms with E-state index in [0.29, 0.717) is 18.2 Å². The van der Waals surface area contributed by atoms with Crippen molar-refractivity contribution in [1.29, 1.82) is 0 Å². The van der Waals surface area contributed by atoms with Crippen molar-refractivity contribution in [3.63, 3.8) is 0 Å². The highest BCUT2D eigenvalue weighted by atomic mass is 16.5. The number of aromatic nitrogens is 3. The largest absolute Gasteiger partial charge is 0.436 e. The fourth-order valence-corrected chi connectivity index (χ4v) is 3.85. The molecule has 4 heterocycles. The Morgan fingerprint density at radius 2 is 2.07 bits per heavy atom. The van der Waals surface area contributed by atoms with Gasteiger partial charge in [-0.3, -0.25) is 19.7 Å². The van der Waals surface area contributed by atoms with Crippen LogP contribution in [-0.2, 0) is 4.79 Å². The molecule has 0 N–H and O–H groups in total. The van der Waals surface area contributed by atoms with E-state index in [4.69, 9.17) is 4.74 Å². The number of hydrogen-bond donors (Lipinski definition) is 0. The number of carbonyl (C=O) groups is 1. The van der Waals surface area contributed by atoms with Gasteiger partial charge < -0.3 is 9.64 Å². The maximum absolute atomic E-state index is 12.5. The van der Waals surface area contributed by atoms with Gasteiger partial charge in [-0.2, -0.15) is 0 Å². The Morgan fingerprint density at radius 3 is 2.89 bits per heavy atom. The molecule has 7 nitrogen and oxygen atoms in total. The number of rotatable bonds is 5. The smallest absolute Gasteiger partial charge is 0.238 e. The van der Waals surface area contributed by atoms with Crippen molar-refractivity contribution in [1.82, 2.24) is 24.8 Å². The molecular formula is C20H25N5O2. The molecule has 1 atom stereocenters. The number of pyridine rings is 1. The third-order valence-corrected chi connectivity index (χ3v) is 5.31. The molecule has 2 aromatic heterocycles. The number of ether oxygens (including phenoxy) is 1. The Kier molecular flexibility index (Phi) is 5.29. The highest BCUT2D eigenvalue weighted by Crippen LogP contribution is 2.32. The number of carbonyl (C=O) groups excluding carboxylic acids is 1. The third-order valence-electron chi connectivity index (χ3n) is 5.31. The van der Waals surface area contributed by atoms with E-state index in [-0.39, 0.29) is 11.9 Å². The minimum atomic E-state index is 0.114. The summed E-state index contributed by atoms with van der Waals surface area (Å²) in [5.74, 6) is 1.36. The molecule has 2 aliphatic rings. The zero-order valence-corrected chi connectivity index (χ0v) is 15.7. The van der Waals surface area contributed by atoms with E-state index in [9.17, 15) is 4.79 Å². The lowest BCUT2D eigenvalue weighted by Crippen LogP contribution is -2.38. The molecule has 0 unspecified atom stereocenters. The van der Waals surface area contributed by atoms with Crippen LogP contribution >= 0.6 is 0 Å². The van der Waals surface area contributed by atoms with Crippen molar-refractivity contribution in [2.24, 2.45) is 0 Å². The zero-order valence-electron chi connectivity index (χ0n) is 15.7. The lowest BCUT2D eigenvalue weighted by Gasteiger charge is -2.26. The van der Waals surface area contributed by atoms with Crippen LogP contribution in [0.4, 0.5) is 0 Å². The summed E-state index contributed by atoms with van der Waals surface area (Å²) in [7, 11) is 0. The summed E-state index contributed by atoms with van der Waals surface area (Å²) < 4.78 is 5.88. The summed E-state index contributed by atoms with van der Waals surface area (Å²) in [6.07, 6.45) is 9.42. The molecule has 0 spiro atoms. The first kappa shape index (κ1) is 17.9. The Balaban J connectivity index is 1.47. The summed E-state index contributed by atoms with van der Waals surface area (Å²) in [4.78, 5) is 30.0. The second-order valence-electron chi connectivity index (χ2n) is 7.19. The summed E-state index contributed by atoms with van der Waals surface area (Å²) in [6, 6.07) is 3.82. The van der Waals surface area contributed by atoms with Crippen LogP contribution in [0.5, 0.6) is 11.6 Å². The van der Waals surface area contributed by atoms with Gasteiger partial charge in [-0.15, -0.1) is 0 Å². The fourth-order valence-electron chi connectivity index (χ4n) is 3.85. The first-order chi connectivity index (χ1) is 13.2. The molecule has 0 radical (unpaired) electrons. The Bertz CT molecular complexity index is 806. The van der Waals surface area contributed by atoms with Gasteiger partial charge in [-0.1, -0.05) is 0 Å². The predicted molar refractivity (Wildman–Crippen MR) is 100 cm³/mol. The van der Waals surface area contributed by atoms with E-state index >= 15 is 0 Å². The first-order valence-corrected chi connectivity index (χ1v) is 9.64. The molecule has 1 amide bonds. The van der Waals surface area contributed by atoms with Crippen molar-refractivity contribution in [3.8, 4) is 11.6 Å². The van der Waals surface area contributed by atoms with E-state index in [1.807, 2.05) is 24.0 Å². The summed E-state index contributed by atoms with van der Waals surface area (Å²) in [6.45, 7) is 5.06. The normalized spacial score (nSPS) is 20.2. The number of nitrogens with zero attached hydrogens (tertiary/aromatic N) is 5. The molecule has 4 rings (SSSR count). The molecule has 0 aromatic carbocycles. The Labute approximate surface area is 159 Å². The molecule has 0 saturated carbocycles. The standard InChI is InChI=1S/C20H25N5O2/c1-15-18(7-4-8-22-15)27-19-13-21-12-16(23-19)17-6-5-11-25(17)14-20(26)24-9-2-3-10-24/h4,7-8,12-13,17H,2-3,5-6,9-11,14H2,1H3/t17-/m0/s1. The topological polar surface area (TPSA) is 71.5 Å². The summed E-state index contributed by atoms with van der Waals surface area (Å²) in [5, 5.41) is 0. The van der Waals surface area contributed by atoms with Gasteiger partial charge in [0.2, 0.25) is 11.8 Å². The van der Waals surface area contributed by atoms with Crippen molar-refractivity contribution >= 4 is 5.91 Å². The van der Waals surface area contributed by atoms with Crippen LogP contribution in [-0.4, -0.2) is 56.8 Å². The van der Waals surface area contributed by atoms with Crippen molar-refractivity contribution in [2.45, 2.75) is 38.6 Å². The van der Waals surface area contributed by atoms with E-state index in [0.717, 1.165) is 56.7 Å². The molecule has 2 saturated heterocycles. The first-order valence-electron chi connectivity index (χ1n) is 9.64. The fraction of sp³-hybridized carbons (Fsp3) is 0.500. The van der Waals surface area contributed by atoms with Crippen LogP contribution in [0.3, 0.4) is 0 Å². The van der Waals surface area contributed by atoms with Gasteiger partial charge in [0, 0.05) is 19.3 Å². The number of hydrogen-bond acceptors (Lipinski definition) is 6. The summed E-state index contributed by atoms with van der Waals surface area (Å²) in [5.41, 5.74) is 1.67. The van der Waals surface area contributed by atoms with Gasteiger partial charge in [-0.25, -0.2) is 4.98 Å². The molecule has 0 bridgehead atoms. The van der Waals surface area contributed by atoms with Gasteiger partial charge in [0.25, 0.3) is 0 Å². The highest BCUT2D eigenvalue weighted by Gasteiger charge is 2.31. The maximum Gasteiger partial charge on any atom is 0.238 e. The van der Waals surface area contributed by atoms with Gasteiger partial charge >= 0.3 is 0 Å². The Morgan fingerprint density at radius 1 is 1.22 bits per heavy atom. The molecular weight excluding hydrogens is 342 g/mol. The summed E-state index contributed by atoms with van der Waals surface area (Å²) >= 11 is 0. The van der Waals surface area contributed by atoms with Gasteiger partial charge in [0.15, 0.2) is 5.75 Å². The molecule has 27 heavy (non-hydrogen) atoms. The van der Waals surface area contributed by atoms with Gasteiger partial charge in [0.1, 0.15) is 0 Å². The van der Waals surface area contributed by atoms with Gasteiger partial charge in [0.05, 0.1) is 36.4 Å². The number of likely N-dealkylation sites (tertiary alicyclic amines) is 2. The average Bonchev–Trinajstić information content (AvgIpc) is 3.36. The number of aryl methyl sites for hydroxylation is 1. The highest BCUT2D eigenvalue weighted by molar-refractivity contribution is 5.78. The zero-order chi connectivity index (χ0) is 18.6. The van der Waals surface area contributed by atoms with Crippen LogP contribution < -0.4 is 4.74 Å². The van der Waals surface area contributed by atoms with Crippen LogP contribution in [0.2, 0.25) is 0 Å². The molecule has 2 aromatic rings. The van der Waals surface area contributed by atoms with E-state index in [2.05, 4.69) is 19.9 Å². The Hall–Kier alpha value is -2.54. The predicted octanol–water partition coefficient (Wildman–Crippen LogP) is 2.73. The van der Waals surface area contributed by atoms with Gasteiger partial charge in [-0.05, 0) is 51.3 Å². The molecule has 2 aliphatic heterocycles. The molecule has 0 aliphatic carbocycles. The lowest BCUT2D eigenvalue weighted by molar-refractivity contribution is -0.131. The minimum absolute atomic E-state index is 0.114. The van der Waals surface area contributed by atoms with Crippen molar-refractivity contribution in [3.05, 3.63) is 42.1 Å².